The molecule has 4 N–H and O–H groups in total. The van der Waals surface area contributed by atoms with Gasteiger partial charge in [0.05, 0.1) is 5.52 Å². The first kappa shape index (κ1) is 13.7. The number of nitrogen functional groups attached to an aromatic ring is 1. The lowest BCUT2D eigenvalue weighted by atomic mass is 9.93. The number of piperidine rings is 1. The van der Waals surface area contributed by atoms with Crippen molar-refractivity contribution in [1.29, 1.82) is 0 Å². The number of carbonyl (C=O) groups excluding carboxylic acids is 1. The van der Waals surface area contributed by atoms with Gasteiger partial charge < -0.3 is 16.4 Å². The Hall–Kier alpha value is -2.30. The van der Waals surface area contributed by atoms with E-state index in [0.29, 0.717) is 12.3 Å². The first-order chi connectivity index (χ1) is 10.1. The molecule has 1 aromatic heterocycles. The first-order valence-electron chi connectivity index (χ1n) is 7.31. The van der Waals surface area contributed by atoms with E-state index in [1.54, 1.807) is 0 Å². The van der Waals surface area contributed by atoms with E-state index in [2.05, 4.69) is 9.88 Å². The molecular formula is C16H20N4O. The number of aromatic nitrogens is 1. The zero-order valence-corrected chi connectivity index (χ0v) is 12.0. The van der Waals surface area contributed by atoms with Crippen molar-refractivity contribution in [1.82, 2.24) is 4.98 Å². The summed E-state index contributed by atoms with van der Waals surface area (Å²) in [6, 6.07) is 7.89. The predicted molar refractivity (Wildman–Crippen MR) is 84.9 cm³/mol. The Kier molecular flexibility index (Phi) is 3.64. The second kappa shape index (κ2) is 5.60. The molecule has 0 bridgehead atoms. The van der Waals surface area contributed by atoms with Crippen molar-refractivity contribution in [2.75, 3.05) is 23.7 Å². The van der Waals surface area contributed by atoms with Gasteiger partial charge in [0.2, 0.25) is 5.91 Å². The van der Waals surface area contributed by atoms with E-state index in [1.807, 2.05) is 30.5 Å². The Morgan fingerprint density at radius 3 is 2.76 bits per heavy atom. The van der Waals surface area contributed by atoms with Gasteiger partial charge in [-0.3, -0.25) is 9.78 Å². The van der Waals surface area contributed by atoms with Gasteiger partial charge in [-0.15, -0.1) is 0 Å². The fourth-order valence-electron chi connectivity index (χ4n) is 3.09. The fourth-order valence-corrected chi connectivity index (χ4v) is 3.09. The molecule has 2 heterocycles. The van der Waals surface area contributed by atoms with E-state index in [0.717, 1.165) is 42.5 Å². The zero-order valence-electron chi connectivity index (χ0n) is 12.0. The van der Waals surface area contributed by atoms with Gasteiger partial charge >= 0.3 is 0 Å². The number of nitrogens with two attached hydrogens (primary N) is 2. The van der Waals surface area contributed by atoms with Crippen LogP contribution in [0, 0.1) is 5.92 Å². The van der Waals surface area contributed by atoms with E-state index >= 15 is 0 Å². The number of hydrogen-bond donors (Lipinski definition) is 2. The maximum Gasteiger partial charge on any atom is 0.217 e. The van der Waals surface area contributed by atoms with Crippen LogP contribution in [0.15, 0.2) is 30.5 Å². The van der Waals surface area contributed by atoms with Gasteiger partial charge in [0.15, 0.2) is 0 Å². The number of amides is 1. The summed E-state index contributed by atoms with van der Waals surface area (Å²) in [5, 5.41) is 1.13. The summed E-state index contributed by atoms with van der Waals surface area (Å²) in [6.45, 7) is 1.89. The molecule has 1 fully saturated rings. The number of anilines is 2. The number of fused-ring (bicyclic) bond motifs is 1. The van der Waals surface area contributed by atoms with E-state index in [9.17, 15) is 4.79 Å². The number of pyridine rings is 1. The van der Waals surface area contributed by atoms with Crippen LogP contribution in [0.3, 0.4) is 0 Å². The van der Waals surface area contributed by atoms with Crippen LogP contribution in [0.5, 0.6) is 0 Å². The number of nitrogens with zero attached hydrogens (tertiary/aromatic N) is 2. The van der Waals surface area contributed by atoms with Gasteiger partial charge in [-0.2, -0.15) is 0 Å². The van der Waals surface area contributed by atoms with Crippen LogP contribution in [0.25, 0.3) is 10.9 Å². The van der Waals surface area contributed by atoms with E-state index < -0.39 is 0 Å². The van der Waals surface area contributed by atoms with Crippen molar-refractivity contribution in [3.05, 3.63) is 30.5 Å². The van der Waals surface area contributed by atoms with Crippen molar-refractivity contribution in [3.63, 3.8) is 0 Å². The van der Waals surface area contributed by atoms with Gasteiger partial charge in [-0.25, -0.2) is 0 Å². The van der Waals surface area contributed by atoms with Gasteiger partial charge in [0.25, 0.3) is 0 Å². The molecular weight excluding hydrogens is 264 g/mol. The van der Waals surface area contributed by atoms with E-state index in [1.165, 1.54) is 5.69 Å². The third kappa shape index (κ3) is 2.91. The lowest BCUT2D eigenvalue weighted by molar-refractivity contribution is -0.119. The molecule has 2 aromatic rings. The lowest BCUT2D eigenvalue weighted by Crippen LogP contribution is -2.35. The highest BCUT2D eigenvalue weighted by atomic mass is 16.1. The van der Waals surface area contributed by atoms with Crippen LogP contribution in [0.4, 0.5) is 11.4 Å². The SMILES string of the molecule is NC(=O)CC1CCN(c2ccnc3cc(N)ccc23)CC1. The first-order valence-corrected chi connectivity index (χ1v) is 7.31. The molecule has 3 rings (SSSR count). The Morgan fingerprint density at radius 1 is 1.29 bits per heavy atom. The molecule has 110 valence electrons. The van der Waals surface area contributed by atoms with Crippen molar-refractivity contribution in [3.8, 4) is 0 Å². The lowest BCUT2D eigenvalue weighted by Gasteiger charge is -2.33. The highest BCUT2D eigenvalue weighted by Crippen LogP contribution is 2.30. The molecule has 0 aliphatic carbocycles. The normalized spacial score (nSPS) is 16.3. The molecule has 5 heteroatoms. The van der Waals surface area contributed by atoms with Crippen LogP contribution >= 0.6 is 0 Å². The number of primary amides is 1. The van der Waals surface area contributed by atoms with Gasteiger partial charge in [0, 0.05) is 42.5 Å². The van der Waals surface area contributed by atoms with Crippen LogP contribution in [-0.4, -0.2) is 24.0 Å². The molecule has 1 aliphatic rings. The summed E-state index contributed by atoms with van der Waals surface area (Å²) in [6.07, 6.45) is 4.33. The maximum absolute atomic E-state index is 11.0. The minimum atomic E-state index is -0.196. The minimum Gasteiger partial charge on any atom is -0.399 e. The molecule has 1 aliphatic heterocycles. The summed E-state index contributed by atoms with van der Waals surface area (Å²) in [7, 11) is 0. The van der Waals surface area contributed by atoms with Crippen molar-refractivity contribution in [2.24, 2.45) is 11.7 Å². The zero-order chi connectivity index (χ0) is 14.8. The van der Waals surface area contributed by atoms with Crippen molar-refractivity contribution < 1.29 is 4.79 Å². The average molecular weight is 284 g/mol. The highest BCUT2D eigenvalue weighted by Gasteiger charge is 2.21. The molecule has 21 heavy (non-hydrogen) atoms. The largest absolute Gasteiger partial charge is 0.399 e. The topological polar surface area (TPSA) is 85.2 Å². The summed E-state index contributed by atoms with van der Waals surface area (Å²) in [4.78, 5) is 17.8. The highest BCUT2D eigenvalue weighted by molar-refractivity contribution is 5.93. The molecule has 1 saturated heterocycles. The van der Waals surface area contributed by atoms with Crippen LogP contribution in [0.2, 0.25) is 0 Å². The fraction of sp³-hybridized carbons (Fsp3) is 0.375. The molecule has 0 unspecified atom stereocenters. The number of rotatable bonds is 3. The second-order valence-corrected chi connectivity index (χ2v) is 5.71. The summed E-state index contributed by atoms with van der Waals surface area (Å²) in [5.74, 6) is 0.223. The van der Waals surface area contributed by atoms with E-state index in [-0.39, 0.29) is 5.91 Å². The van der Waals surface area contributed by atoms with Crippen LogP contribution < -0.4 is 16.4 Å². The average Bonchev–Trinajstić information content (AvgIpc) is 2.46. The summed E-state index contributed by atoms with van der Waals surface area (Å²) >= 11 is 0. The molecule has 1 amide bonds. The Labute approximate surface area is 123 Å². The smallest absolute Gasteiger partial charge is 0.217 e. The maximum atomic E-state index is 11.0. The monoisotopic (exact) mass is 284 g/mol. The molecule has 0 atom stereocenters. The summed E-state index contributed by atoms with van der Waals surface area (Å²) in [5.41, 5.74) is 13.9. The van der Waals surface area contributed by atoms with Crippen LogP contribution in [0.1, 0.15) is 19.3 Å². The quantitative estimate of drug-likeness (QED) is 0.843. The van der Waals surface area contributed by atoms with Crippen molar-refractivity contribution >= 4 is 28.2 Å². The summed E-state index contributed by atoms with van der Waals surface area (Å²) < 4.78 is 0. The van der Waals surface area contributed by atoms with Crippen LogP contribution in [-0.2, 0) is 4.79 Å². The van der Waals surface area contributed by atoms with Gasteiger partial charge in [0.1, 0.15) is 0 Å². The van der Waals surface area contributed by atoms with Gasteiger partial charge in [-0.05, 0) is 43.0 Å². The Bertz CT molecular complexity index is 662. The number of hydrogen-bond acceptors (Lipinski definition) is 4. The third-order valence-corrected chi connectivity index (χ3v) is 4.19. The molecule has 1 aromatic carbocycles. The molecule has 0 radical (unpaired) electrons. The molecule has 0 spiro atoms. The number of carbonyl (C=O) groups is 1. The number of benzene rings is 1. The Morgan fingerprint density at radius 2 is 2.05 bits per heavy atom. The standard InChI is InChI=1S/C16H20N4O/c17-12-1-2-13-14(10-12)19-6-3-15(13)20-7-4-11(5-8-20)9-16(18)21/h1-3,6,10-11H,4-5,7-9,17H2,(H2,18,21). The second-order valence-electron chi connectivity index (χ2n) is 5.71. The van der Waals surface area contributed by atoms with Crippen molar-refractivity contribution in [2.45, 2.75) is 19.3 Å². The third-order valence-electron chi connectivity index (χ3n) is 4.19. The minimum absolute atomic E-state index is 0.196. The predicted octanol–water partition coefficient (Wildman–Crippen LogP) is 1.91. The van der Waals surface area contributed by atoms with Gasteiger partial charge in [-0.1, -0.05) is 0 Å². The molecule has 5 nitrogen and oxygen atoms in total. The Balaban J connectivity index is 1.81. The van der Waals surface area contributed by atoms with E-state index in [4.69, 9.17) is 11.5 Å². The molecule has 0 saturated carbocycles.